The smallest absolute Gasteiger partial charge is 0.227 e. The third-order valence-electron chi connectivity index (χ3n) is 5.68. The Morgan fingerprint density at radius 2 is 1.92 bits per heavy atom. The summed E-state index contributed by atoms with van der Waals surface area (Å²) in [5, 5.41) is 3.22. The molecule has 1 aromatic carbocycles. The Hall–Kier alpha value is -1.88. The van der Waals surface area contributed by atoms with Crippen LogP contribution in [0, 0.1) is 11.8 Å². The van der Waals surface area contributed by atoms with E-state index in [9.17, 15) is 9.59 Å². The molecule has 0 radical (unpaired) electrons. The number of likely N-dealkylation sites (tertiary alicyclic amines) is 2. The molecule has 136 valence electrons. The second-order valence-electron chi connectivity index (χ2n) is 7.36. The molecule has 1 aromatic rings. The average Bonchev–Trinajstić information content (AvgIpc) is 3.04. The molecule has 5 nitrogen and oxygen atoms in total. The highest BCUT2D eigenvalue weighted by atomic mass is 16.2. The van der Waals surface area contributed by atoms with Crippen molar-refractivity contribution in [1.82, 2.24) is 15.1 Å². The molecular formula is C20H29N3O2. The summed E-state index contributed by atoms with van der Waals surface area (Å²) < 4.78 is 0. The van der Waals surface area contributed by atoms with Gasteiger partial charge in [0.25, 0.3) is 0 Å². The Bertz CT molecular complexity index is 596. The number of amides is 2. The van der Waals surface area contributed by atoms with Crippen LogP contribution in [0.3, 0.4) is 0 Å². The van der Waals surface area contributed by atoms with E-state index in [1.165, 1.54) is 0 Å². The Balaban J connectivity index is 1.58. The van der Waals surface area contributed by atoms with Gasteiger partial charge >= 0.3 is 0 Å². The van der Waals surface area contributed by atoms with Crippen molar-refractivity contribution >= 4 is 11.8 Å². The summed E-state index contributed by atoms with van der Waals surface area (Å²) in [6.07, 6.45) is 2.46. The first-order valence-corrected chi connectivity index (χ1v) is 9.38. The number of carbonyl (C=O) groups excluding carboxylic acids is 2. The van der Waals surface area contributed by atoms with Gasteiger partial charge in [-0.15, -0.1) is 0 Å². The number of benzene rings is 1. The quantitative estimate of drug-likeness (QED) is 0.890. The van der Waals surface area contributed by atoms with Crippen molar-refractivity contribution in [1.29, 1.82) is 0 Å². The Kier molecular flexibility index (Phi) is 5.74. The molecule has 0 spiro atoms. The average molecular weight is 343 g/mol. The molecule has 2 saturated heterocycles. The van der Waals surface area contributed by atoms with Gasteiger partial charge in [-0.05, 0) is 44.8 Å². The molecule has 2 aliphatic heterocycles. The molecule has 0 aromatic heterocycles. The second kappa shape index (κ2) is 8.00. The number of piperidine rings is 1. The minimum absolute atomic E-state index is 0.0212. The van der Waals surface area contributed by atoms with Crippen molar-refractivity contribution in [3.05, 3.63) is 35.9 Å². The van der Waals surface area contributed by atoms with Crippen molar-refractivity contribution in [2.75, 3.05) is 33.2 Å². The van der Waals surface area contributed by atoms with E-state index in [4.69, 9.17) is 0 Å². The van der Waals surface area contributed by atoms with Gasteiger partial charge in [0.15, 0.2) is 0 Å². The van der Waals surface area contributed by atoms with Gasteiger partial charge in [0.1, 0.15) is 0 Å². The molecule has 3 rings (SSSR count). The van der Waals surface area contributed by atoms with E-state index < -0.39 is 0 Å². The van der Waals surface area contributed by atoms with Crippen LogP contribution in [0.2, 0.25) is 0 Å². The number of nitrogens with one attached hydrogen (secondary N) is 1. The van der Waals surface area contributed by atoms with E-state index in [-0.39, 0.29) is 23.8 Å². The van der Waals surface area contributed by atoms with Crippen molar-refractivity contribution in [2.24, 2.45) is 11.8 Å². The van der Waals surface area contributed by atoms with Gasteiger partial charge in [0.2, 0.25) is 11.8 Å². The fraction of sp³-hybridized carbons (Fsp3) is 0.600. The van der Waals surface area contributed by atoms with Gasteiger partial charge in [-0.3, -0.25) is 9.59 Å². The zero-order valence-electron chi connectivity index (χ0n) is 15.3. The Morgan fingerprint density at radius 1 is 1.24 bits per heavy atom. The van der Waals surface area contributed by atoms with Crippen LogP contribution >= 0.6 is 0 Å². The number of hydrogen-bond acceptors (Lipinski definition) is 3. The molecule has 2 heterocycles. The Morgan fingerprint density at radius 3 is 2.56 bits per heavy atom. The van der Waals surface area contributed by atoms with E-state index in [2.05, 4.69) is 5.32 Å². The SMILES string of the molecule is CNCC1CCN(C(=O)C2CC(=O)N(C(C)c3ccccc3)C2)CC1. The summed E-state index contributed by atoms with van der Waals surface area (Å²) in [6, 6.07) is 10.1. The van der Waals surface area contributed by atoms with Gasteiger partial charge in [0, 0.05) is 26.1 Å². The molecule has 2 amide bonds. The van der Waals surface area contributed by atoms with Crippen molar-refractivity contribution < 1.29 is 9.59 Å². The highest BCUT2D eigenvalue weighted by Crippen LogP contribution is 2.30. The van der Waals surface area contributed by atoms with Gasteiger partial charge in [-0.1, -0.05) is 30.3 Å². The number of rotatable bonds is 5. The predicted octanol–water partition coefficient (Wildman–Crippen LogP) is 2.05. The zero-order valence-corrected chi connectivity index (χ0v) is 15.3. The van der Waals surface area contributed by atoms with E-state index in [1.807, 2.05) is 54.1 Å². The lowest BCUT2D eigenvalue weighted by Gasteiger charge is -2.33. The molecule has 2 aliphatic rings. The number of nitrogens with zero attached hydrogens (tertiary/aromatic N) is 2. The molecule has 2 atom stereocenters. The third kappa shape index (κ3) is 4.03. The zero-order chi connectivity index (χ0) is 17.8. The first-order chi connectivity index (χ1) is 12.1. The summed E-state index contributed by atoms with van der Waals surface area (Å²) in [5.41, 5.74) is 1.12. The lowest BCUT2D eigenvalue weighted by molar-refractivity contribution is -0.137. The second-order valence-corrected chi connectivity index (χ2v) is 7.36. The monoisotopic (exact) mass is 343 g/mol. The molecule has 25 heavy (non-hydrogen) atoms. The van der Waals surface area contributed by atoms with Crippen LogP contribution in [0.4, 0.5) is 0 Å². The molecule has 1 N–H and O–H groups in total. The van der Waals surface area contributed by atoms with E-state index >= 15 is 0 Å². The minimum Gasteiger partial charge on any atom is -0.342 e. The summed E-state index contributed by atoms with van der Waals surface area (Å²) >= 11 is 0. The number of carbonyl (C=O) groups is 2. The fourth-order valence-electron chi connectivity index (χ4n) is 4.09. The van der Waals surface area contributed by atoms with Gasteiger partial charge in [0.05, 0.1) is 12.0 Å². The van der Waals surface area contributed by atoms with E-state index in [1.54, 1.807) is 0 Å². The summed E-state index contributed by atoms with van der Waals surface area (Å²) in [7, 11) is 1.98. The van der Waals surface area contributed by atoms with Gasteiger partial charge < -0.3 is 15.1 Å². The van der Waals surface area contributed by atoms with Crippen molar-refractivity contribution in [3.63, 3.8) is 0 Å². The van der Waals surface area contributed by atoms with E-state index in [0.29, 0.717) is 18.9 Å². The lowest BCUT2D eigenvalue weighted by atomic mass is 9.95. The van der Waals surface area contributed by atoms with Crippen LogP contribution in [-0.2, 0) is 9.59 Å². The lowest BCUT2D eigenvalue weighted by Crippen LogP contribution is -2.43. The normalized spacial score (nSPS) is 23.1. The highest BCUT2D eigenvalue weighted by Gasteiger charge is 2.39. The van der Waals surface area contributed by atoms with Gasteiger partial charge in [-0.25, -0.2) is 0 Å². The van der Waals surface area contributed by atoms with Crippen LogP contribution in [-0.4, -0.2) is 54.8 Å². The van der Waals surface area contributed by atoms with Gasteiger partial charge in [-0.2, -0.15) is 0 Å². The molecule has 0 bridgehead atoms. The van der Waals surface area contributed by atoms with Crippen LogP contribution in [0.15, 0.2) is 30.3 Å². The number of hydrogen-bond donors (Lipinski definition) is 1. The molecular weight excluding hydrogens is 314 g/mol. The molecule has 2 unspecified atom stereocenters. The minimum atomic E-state index is -0.181. The summed E-state index contributed by atoms with van der Waals surface area (Å²) in [6.45, 7) is 5.26. The molecule has 5 heteroatoms. The fourth-order valence-corrected chi connectivity index (χ4v) is 4.09. The van der Waals surface area contributed by atoms with Crippen molar-refractivity contribution in [3.8, 4) is 0 Å². The van der Waals surface area contributed by atoms with Crippen LogP contribution < -0.4 is 5.32 Å². The first-order valence-electron chi connectivity index (χ1n) is 9.38. The maximum absolute atomic E-state index is 12.8. The first kappa shape index (κ1) is 17.9. The summed E-state index contributed by atoms with van der Waals surface area (Å²) in [5.74, 6) is 0.743. The van der Waals surface area contributed by atoms with Crippen molar-refractivity contribution in [2.45, 2.75) is 32.2 Å². The molecule has 0 saturated carbocycles. The Labute approximate surface area is 150 Å². The van der Waals surface area contributed by atoms with E-state index in [0.717, 1.165) is 38.0 Å². The largest absolute Gasteiger partial charge is 0.342 e. The molecule has 0 aliphatic carbocycles. The molecule has 2 fully saturated rings. The van der Waals surface area contributed by atoms with Crippen LogP contribution in [0.1, 0.15) is 37.8 Å². The summed E-state index contributed by atoms with van der Waals surface area (Å²) in [4.78, 5) is 29.2. The maximum Gasteiger partial charge on any atom is 0.227 e. The highest BCUT2D eigenvalue weighted by molar-refractivity contribution is 5.89. The topological polar surface area (TPSA) is 52.7 Å². The van der Waals surface area contributed by atoms with Crippen LogP contribution in [0.5, 0.6) is 0 Å². The predicted molar refractivity (Wildman–Crippen MR) is 97.9 cm³/mol. The van der Waals surface area contributed by atoms with Crippen LogP contribution in [0.25, 0.3) is 0 Å². The third-order valence-corrected chi connectivity index (χ3v) is 5.68. The standard InChI is InChI=1S/C20H29N3O2/c1-15(17-6-4-3-5-7-17)23-14-18(12-19(23)24)20(25)22-10-8-16(9-11-22)13-21-2/h3-7,15-16,18,21H,8-14H2,1-2H3. The maximum atomic E-state index is 12.8.